The van der Waals surface area contributed by atoms with Crippen LogP contribution in [0.3, 0.4) is 0 Å². The first-order valence-electron chi connectivity index (χ1n) is 6.38. The van der Waals surface area contributed by atoms with Crippen LogP contribution in [0.2, 0.25) is 0 Å². The van der Waals surface area contributed by atoms with Gasteiger partial charge in [-0.25, -0.2) is 0 Å². The summed E-state index contributed by atoms with van der Waals surface area (Å²) < 4.78 is 5.68. The summed E-state index contributed by atoms with van der Waals surface area (Å²) >= 11 is 0. The molecule has 1 atom stereocenters. The summed E-state index contributed by atoms with van der Waals surface area (Å²) in [6.45, 7) is 10.4. The second kappa shape index (κ2) is 4.79. The van der Waals surface area contributed by atoms with Gasteiger partial charge in [0.25, 0.3) is 0 Å². The van der Waals surface area contributed by atoms with E-state index in [9.17, 15) is 0 Å². The first-order valence-corrected chi connectivity index (χ1v) is 6.38. The van der Waals surface area contributed by atoms with Crippen LogP contribution in [-0.2, 0) is 11.2 Å². The summed E-state index contributed by atoms with van der Waals surface area (Å²) in [7, 11) is 0. The molecule has 1 unspecified atom stereocenters. The van der Waals surface area contributed by atoms with Gasteiger partial charge in [0, 0.05) is 11.6 Å². The predicted molar refractivity (Wildman–Crippen MR) is 71.4 cm³/mol. The monoisotopic (exact) mass is 233 g/mol. The van der Waals surface area contributed by atoms with Crippen LogP contribution in [0.25, 0.3) is 0 Å². The highest BCUT2D eigenvalue weighted by molar-refractivity contribution is 5.33. The number of rotatable bonds is 2. The van der Waals surface area contributed by atoms with E-state index in [-0.39, 0.29) is 5.54 Å². The lowest BCUT2D eigenvalue weighted by atomic mass is 9.95. The lowest BCUT2D eigenvalue weighted by molar-refractivity contribution is 0.0135. The van der Waals surface area contributed by atoms with E-state index in [1.165, 1.54) is 16.7 Å². The maximum atomic E-state index is 5.68. The molecule has 1 aliphatic heterocycles. The molecule has 0 spiro atoms. The number of ether oxygens (including phenoxy) is 1. The van der Waals surface area contributed by atoms with Crippen molar-refractivity contribution in [2.45, 2.75) is 45.7 Å². The van der Waals surface area contributed by atoms with Gasteiger partial charge in [-0.15, -0.1) is 0 Å². The topological polar surface area (TPSA) is 21.3 Å². The molecule has 2 nitrogen and oxygen atoms in total. The van der Waals surface area contributed by atoms with Crippen LogP contribution in [0.4, 0.5) is 0 Å². The molecule has 17 heavy (non-hydrogen) atoms. The van der Waals surface area contributed by atoms with Crippen LogP contribution in [-0.4, -0.2) is 24.8 Å². The van der Waals surface area contributed by atoms with Crippen molar-refractivity contribution in [2.75, 3.05) is 13.2 Å². The summed E-state index contributed by atoms with van der Waals surface area (Å²) in [5, 5.41) is 3.66. The smallest absolute Gasteiger partial charge is 0.0643 e. The molecular formula is C15H23NO. The SMILES string of the molecule is Cc1cccc(CC2COCC(C)(C)N2)c1C. The van der Waals surface area contributed by atoms with E-state index in [4.69, 9.17) is 4.74 Å². The summed E-state index contributed by atoms with van der Waals surface area (Å²) in [6.07, 6.45) is 1.05. The molecular weight excluding hydrogens is 210 g/mol. The molecule has 0 aromatic heterocycles. The molecule has 2 heteroatoms. The van der Waals surface area contributed by atoms with Crippen molar-refractivity contribution in [1.29, 1.82) is 0 Å². The number of nitrogens with one attached hydrogen (secondary N) is 1. The third kappa shape index (κ3) is 3.08. The van der Waals surface area contributed by atoms with Gasteiger partial charge in [-0.05, 0) is 50.8 Å². The molecule has 0 bridgehead atoms. The van der Waals surface area contributed by atoms with Crippen LogP contribution >= 0.6 is 0 Å². The molecule has 1 aromatic carbocycles. The van der Waals surface area contributed by atoms with Gasteiger partial charge in [0.05, 0.1) is 13.2 Å². The van der Waals surface area contributed by atoms with Crippen molar-refractivity contribution in [1.82, 2.24) is 5.32 Å². The molecule has 0 saturated carbocycles. The van der Waals surface area contributed by atoms with Crippen molar-refractivity contribution in [3.05, 3.63) is 34.9 Å². The third-order valence-corrected chi connectivity index (χ3v) is 3.56. The van der Waals surface area contributed by atoms with E-state index in [2.05, 4.69) is 51.2 Å². The highest BCUT2D eigenvalue weighted by atomic mass is 16.5. The fourth-order valence-corrected chi connectivity index (χ4v) is 2.50. The Bertz CT molecular complexity index is 398. The van der Waals surface area contributed by atoms with E-state index < -0.39 is 0 Å². The minimum absolute atomic E-state index is 0.0979. The molecule has 1 aliphatic rings. The summed E-state index contributed by atoms with van der Waals surface area (Å²) in [6, 6.07) is 6.98. The zero-order valence-electron chi connectivity index (χ0n) is 11.3. The Labute approximate surface area is 104 Å². The van der Waals surface area contributed by atoms with E-state index in [1.807, 2.05) is 0 Å². The van der Waals surface area contributed by atoms with Crippen LogP contribution in [0, 0.1) is 13.8 Å². The second-order valence-electron chi connectivity index (χ2n) is 5.80. The maximum Gasteiger partial charge on any atom is 0.0643 e. The van der Waals surface area contributed by atoms with Gasteiger partial charge in [-0.2, -0.15) is 0 Å². The molecule has 1 aromatic rings. The molecule has 0 amide bonds. The Hall–Kier alpha value is -0.860. The fraction of sp³-hybridized carbons (Fsp3) is 0.600. The molecule has 1 saturated heterocycles. The lowest BCUT2D eigenvalue weighted by Crippen LogP contribution is -2.56. The molecule has 94 valence electrons. The first-order chi connectivity index (χ1) is 7.98. The zero-order valence-corrected chi connectivity index (χ0v) is 11.3. The molecule has 1 fully saturated rings. The highest BCUT2D eigenvalue weighted by Crippen LogP contribution is 2.18. The number of morpholine rings is 1. The summed E-state index contributed by atoms with van der Waals surface area (Å²) in [5.74, 6) is 0. The molecule has 2 rings (SSSR count). The van der Waals surface area contributed by atoms with Crippen molar-refractivity contribution in [2.24, 2.45) is 0 Å². The average Bonchev–Trinajstić information content (AvgIpc) is 2.23. The maximum absolute atomic E-state index is 5.68. The molecule has 1 N–H and O–H groups in total. The summed E-state index contributed by atoms with van der Waals surface area (Å²) in [4.78, 5) is 0. The Morgan fingerprint density at radius 1 is 1.35 bits per heavy atom. The second-order valence-corrected chi connectivity index (χ2v) is 5.80. The Kier molecular flexibility index (Phi) is 3.55. The van der Waals surface area contributed by atoms with Gasteiger partial charge >= 0.3 is 0 Å². The minimum atomic E-state index is 0.0979. The van der Waals surface area contributed by atoms with Gasteiger partial charge in [0.1, 0.15) is 0 Å². The van der Waals surface area contributed by atoms with Gasteiger partial charge in [0.15, 0.2) is 0 Å². The molecule has 1 heterocycles. The van der Waals surface area contributed by atoms with E-state index in [0.29, 0.717) is 6.04 Å². The lowest BCUT2D eigenvalue weighted by Gasteiger charge is -2.37. The van der Waals surface area contributed by atoms with Crippen LogP contribution in [0.1, 0.15) is 30.5 Å². The standard InChI is InChI=1S/C15H23NO/c1-11-6-5-7-13(12(11)2)8-14-9-17-10-15(3,4)16-14/h5-7,14,16H,8-10H2,1-4H3. The van der Waals surface area contributed by atoms with Crippen molar-refractivity contribution < 1.29 is 4.74 Å². The van der Waals surface area contributed by atoms with Gasteiger partial charge in [-0.3, -0.25) is 0 Å². The number of hydrogen-bond acceptors (Lipinski definition) is 2. The molecule has 0 radical (unpaired) electrons. The zero-order chi connectivity index (χ0) is 12.5. The van der Waals surface area contributed by atoms with Crippen LogP contribution in [0.5, 0.6) is 0 Å². The van der Waals surface area contributed by atoms with Gasteiger partial charge < -0.3 is 10.1 Å². The van der Waals surface area contributed by atoms with Gasteiger partial charge in [-0.1, -0.05) is 18.2 Å². The predicted octanol–water partition coefficient (Wildman–Crippen LogP) is 2.61. The Morgan fingerprint density at radius 2 is 2.12 bits per heavy atom. The van der Waals surface area contributed by atoms with Gasteiger partial charge in [0.2, 0.25) is 0 Å². The Balaban J connectivity index is 2.08. The number of benzene rings is 1. The highest BCUT2D eigenvalue weighted by Gasteiger charge is 2.27. The largest absolute Gasteiger partial charge is 0.378 e. The van der Waals surface area contributed by atoms with Crippen molar-refractivity contribution in [3.63, 3.8) is 0 Å². The van der Waals surface area contributed by atoms with Crippen molar-refractivity contribution in [3.8, 4) is 0 Å². The van der Waals surface area contributed by atoms with E-state index in [0.717, 1.165) is 19.6 Å². The van der Waals surface area contributed by atoms with E-state index in [1.54, 1.807) is 0 Å². The van der Waals surface area contributed by atoms with Crippen molar-refractivity contribution >= 4 is 0 Å². The minimum Gasteiger partial charge on any atom is -0.378 e. The first kappa shape index (κ1) is 12.6. The summed E-state index contributed by atoms with van der Waals surface area (Å²) in [5.41, 5.74) is 4.32. The van der Waals surface area contributed by atoms with Crippen LogP contribution < -0.4 is 5.32 Å². The van der Waals surface area contributed by atoms with Crippen LogP contribution in [0.15, 0.2) is 18.2 Å². The Morgan fingerprint density at radius 3 is 2.82 bits per heavy atom. The number of hydrogen-bond donors (Lipinski definition) is 1. The average molecular weight is 233 g/mol. The number of aryl methyl sites for hydroxylation is 1. The normalized spacial score (nSPS) is 23.6. The van der Waals surface area contributed by atoms with E-state index >= 15 is 0 Å². The quantitative estimate of drug-likeness (QED) is 0.848. The molecule has 0 aliphatic carbocycles. The third-order valence-electron chi connectivity index (χ3n) is 3.56. The fourth-order valence-electron chi connectivity index (χ4n) is 2.50.